The third-order valence-corrected chi connectivity index (χ3v) is 5.88. The first-order valence-corrected chi connectivity index (χ1v) is 10.0. The molecule has 7 heteroatoms. The van der Waals surface area contributed by atoms with Gasteiger partial charge in [0.15, 0.2) is 0 Å². The Kier molecular flexibility index (Phi) is 5.33. The van der Waals surface area contributed by atoms with Crippen LogP contribution in [0, 0.1) is 5.92 Å². The standard InChI is InChI=1S/C21H24ClN5O/c1-27-19-14(10-17(20(27)28)16-4-2-3-5-18(16)22)12-25-21(26-19)24-11-13-6-8-15(23)9-7-13/h2-5,10,12-13,15H,6-9,11,23H2,1H3,(H,24,25,26). The van der Waals surface area contributed by atoms with Gasteiger partial charge in [0.2, 0.25) is 5.95 Å². The summed E-state index contributed by atoms with van der Waals surface area (Å²) in [6.45, 7) is 0.823. The summed E-state index contributed by atoms with van der Waals surface area (Å²) < 4.78 is 1.56. The molecule has 6 nitrogen and oxygen atoms in total. The molecule has 0 bridgehead atoms. The van der Waals surface area contributed by atoms with Gasteiger partial charge in [0, 0.05) is 47.4 Å². The lowest BCUT2D eigenvalue weighted by Crippen LogP contribution is -2.29. The number of hydrogen-bond acceptors (Lipinski definition) is 5. The number of halogens is 1. The zero-order chi connectivity index (χ0) is 19.7. The van der Waals surface area contributed by atoms with Crippen LogP contribution in [0.3, 0.4) is 0 Å². The number of fused-ring (bicyclic) bond motifs is 1. The fourth-order valence-electron chi connectivity index (χ4n) is 3.83. The van der Waals surface area contributed by atoms with Crippen LogP contribution in [0.2, 0.25) is 5.02 Å². The molecule has 1 fully saturated rings. The van der Waals surface area contributed by atoms with E-state index in [1.807, 2.05) is 24.3 Å². The second kappa shape index (κ2) is 7.89. The highest BCUT2D eigenvalue weighted by Crippen LogP contribution is 2.27. The van der Waals surface area contributed by atoms with Gasteiger partial charge in [-0.15, -0.1) is 0 Å². The van der Waals surface area contributed by atoms with E-state index < -0.39 is 0 Å². The average molecular weight is 398 g/mol. The zero-order valence-electron chi connectivity index (χ0n) is 15.9. The maximum absolute atomic E-state index is 12.9. The van der Waals surface area contributed by atoms with E-state index in [2.05, 4.69) is 15.3 Å². The lowest BCUT2D eigenvalue weighted by atomic mass is 9.86. The van der Waals surface area contributed by atoms with Crippen LogP contribution >= 0.6 is 11.6 Å². The van der Waals surface area contributed by atoms with Gasteiger partial charge in [-0.25, -0.2) is 4.98 Å². The topological polar surface area (TPSA) is 85.8 Å². The average Bonchev–Trinajstić information content (AvgIpc) is 2.71. The van der Waals surface area contributed by atoms with Crippen LogP contribution in [0.4, 0.5) is 5.95 Å². The monoisotopic (exact) mass is 397 g/mol. The molecule has 1 aliphatic carbocycles. The van der Waals surface area contributed by atoms with Crippen LogP contribution < -0.4 is 16.6 Å². The fraction of sp³-hybridized carbons (Fsp3) is 0.381. The first kappa shape index (κ1) is 18.9. The van der Waals surface area contributed by atoms with Crippen LogP contribution in [-0.2, 0) is 7.05 Å². The number of rotatable bonds is 4. The molecule has 3 N–H and O–H groups in total. The van der Waals surface area contributed by atoms with Crippen molar-refractivity contribution in [1.82, 2.24) is 14.5 Å². The number of hydrogen-bond donors (Lipinski definition) is 2. The van der Waals surface area contributed by atoms with Crippen molar-refractivity contribution in [3.63, 3.8) is 0 Å². The predicted octanol–water partition coefficient (Wildman–Crippen LogP) is 3.58. The van der Waals surface area contributed by atoms with Crippen molar-refractivity contribution in [3.8, 4) is 11.1 Å². The maximum atomic E-state index is 12.9. The lowest BCUT2D eigenvalue weighted by Gasteiger charge is -2.26. The summed E-state index contributed by atoms with van der Waals surface area (Å²) in [5.41, 5.74) is 7.70. The number of anilines is 1. The van der Waals surface area contributed by atoms with Gasteiger partial charge in [-0.1, -0.05) is 29.8 Å². The van der Waals surface area contributed by atoms with Crippen molar-refractivity contribution < 1.29 is 0 Å². The van der Waals surface area contributed by atoms with Gasteiger partial charge in [-0.3, -0.25) is 9.36 Å². The van der Waals surface area contributed by atoms with Crippen molar-refractivity contribution in [2.75, 3.05) is 11.9 Å². The van der Waals surface area contributed by atoms with Gasteiger partial charge in [0.1, 0.15) is 5.65 Å². The molecular weight excluding hydrogens is 374 g/mol. The number of nitrogens with one attached hydrogen (secondary N) is 1. The van der Waals surface area contributed by atoms with E-state index in [0.717, 1.165) is 37.6 Å². The molecule has 0 radical (unpaired) electrons. The summed E-state index contributed by atoms with van der Waals surface area (Å²) >= 11 is 6.29. The number of nitrogens with zero attached hydrogens (tertiary/aromatic N) is 3. The van der Waals surface area contributed by atoms with Crippen LogP contribution in [0.5, 0.6) is 0 Å². The first-order valence-electron chi connectivity index (χ1n) is 9.64. The van der Waals surface area contributed by atoms with Gasteiger partial charge < -0.3 is 11.1 Å². The highest BCUT2D eigenvalue weighted by Gasteiger charge is 2.19. The number of aryl methyl sites for hydroxylation is 1. The Hall–Kier alpha value is -2.44. The van der Waals surface area contributed by atoms with Gasteiger partial charge in [-0.05, 0) is 43.7 Å². The van der Waals surface area contributed by atoms with Crippen LogP contribution in [0.15, 0.2) is 41.3 Å². The Labute approximate surface area is 168 Å². The molecule has 0 spiro atoms. The highest BCUT2D eigenvalue weighted by molar-refractivity contribution is 6.33. The molecule has 1 saturated carbocycles. The lowest BCUT2D eigenvalue weighted by molar-refractivity contribution is 0.338. The minimum Gasteiger partial charge on any atom is -0.354 e. The van der Waals surface area contributed by atoms with Gasteiger partial charge in [0.25, 0.3) is 5.56 Å². The van der Waals surface area contributed by atoms with Gasteiger partial charge in [0.05, 0.1) is 0 Å². The molecule has 0 unspecified atom stereocenters. The fourth-order valence-corrected chi connectivity index (χ4v) is 4.07. The second-order valence-electron chi connectivity index (χ2n) is 7.54. The Morgan fingerprint density at radius 1 is 1.21 bits per heavy atom. The van der Waals surface area contributed by atoms with Crippen molar-refractivity contribution in [2.24, 2.45) is 18.7 Å². The van der Waals surface area contributed by atoms with E-state index in [1.54, 1.807) is 23.9 Å². The summed E-state index contributed by atoms with van der Waals surface area (Å²) in [6.07, 6.45) is 6.15. The smallest absolute Gasteiger partial charge is 0.259 e. The molecule has 0 amide bonds. The first-order chi connectivity index (χ1) is 13.5. The Bertz CT molecular complexity index is 1060. The second-order valence-corrected chi connectivity index (χ2v) is 7.94. The highest BCUT2D eigenvalue weighted by atomic mass is 35.5. The van der Waals surface area contributed by atoms with Crippen molar-refractivity contribution in [2.45, 2.75) is 31.7 Å². The predicted molar refractivity (Wildman–Crippen MR) is 114 cm³/mol. The van der Waals surface area contributed by atoms with Crippen molar-refractivity contribution >= 4 is 28.6 Å². The summed E-state index contributed by atoms with van der Waals surface area (Å²) in [6, 6.07) is 9.49. The molecule has 146 valence electrons. The Morgan fingerprint density at radius 3 is 2.71 bits per heavy atom. The summed E-state index contributed by atoms with van der Waals surface area (Å²) in [5.74, 6) is 1.13. The third-order valence-electron chi connectivity index (χ3n) is 5.55. The van der Waals surface area contributed by atoms with Crippen LogP contribution in [0.25, 0.3) is 22.2 Å². The summed E-state index contributed by atoms with van der Waals surface area (Å²) in [4.78, 5) is 21.9. The van der Waals surface area contributed by atoms with Gasteiger partial charge in [-0.2, -0.15) is 4.98 Å². The van der Waals surface area contributed by atoms with Crippen LogP contribution in [0.1, 0.15) is 25.7 Å². The minimum atomic E-state index is -0.133. The molecule has 4 rings (SSSR count). The quantitative estimate of drug-likeness (QED) is 0.702. The molecule has 1 aliphatic rings. The number of nitrogens with two attached hydrogens (primary N) is 1. The van der Waals surface area contributed by atoms with E-state index in [9.17, 15) is 4.79 Å². The van der Waals surface area contributed by atoms with E-state index >= 15 is 0 Å². The minimum absolute atomic E-state index is 0.133. The Morgan fingerprint density at radius 2 is 1.96 bits per heavy atom. The molecule has 28 heavy (non-hydrogen) atoms. The summed E-state index contributed by atoms with van der Waals surface area (Å²) in [5, 5.41) is 4.67. The van der Waals surface area contributed by atoms with E-state index in [0.29, 0.717) is 39.7 Å². The SMILES string of the molecule is Cn1c(=O)c(-c2ccccc2Cl)cc2cnc(NCC3CCC(N)CC3)nc21. The molecule has 0 saturated heterocycles. The largest absolute Gasteiger partial charge is 0.354 e. The number of pyridine rings is 1. The van der Waals surface area contributed by atoms with Crippen molar-refractivity contribution in [1.29, 1.82) is 0 Å². The van der Waals surface area contributed by atoms with E-state index in [4.69, 9.17) is 17.3 Å². The molecule has 1 aromatic carbocycles. The molecule has 2 heterocycles. The number of aromatic nitrogens is 3. The Balaban J connectivity index is 1.62. The molecule has 2 aromatic heterocycles. The zero-order valence-corrected chi connectivity index (χ0v) is 16.6. The normalized spacial score (nSPS) is 19.7. The third kappa shape index (κ3) is 3.75. The molecule has 3 aromatic rings. The van der Waals surface area contributed by atoms with E-state index in [1.165, 1.54) is 0 Å². The van der Waals surface area contributed by atoms with E-state index in [-0.39, 0.29) is 5.56 Å². The van der Waals surface area contributed by atoms with Gasteiger partial charge >= 0.3 is 0 Å². The molecule has 0 atom stereocenters. The number of benzene rings is 1. The van der Waals surface area contributed by atoms with Crippen molar-refractivity contribution in [3.05, 3.63) is 51.9 Å². The summed E-state index contributed by atoms with van der Waals surface area (Å²) in [7, 11) is 1.73. The molecule has 0 aliphatic heterocycles. The van der Waals surface area contributed by atoms with Crippen LogP contribution in [-0.4, -0.2) is 27.1 Å². The molecular formula is C21H24ClN5O. The maximum Gasteiger partial charge on any atom is 0.259 e.